The Morgan fingerprint density at radius 2 is 1.80 bits per heavy atom. The van der Waals surface area contributed by atoms with Gasteiger partial charge in [0.2, 0.25) is 0 Å². The Labute approximate surface area is 149 Å². The SMILES string of the molecule is Cc1c(Cc2c(C#N)cc(F)cc2CC(C)F)cc(F)c(Cl)c1C#N. The molecule has 0 radical (unpaired) electrons. The van der Waals surface area contributed by atoms with Crippen LogP contribution in [0.25, 0.3) is 0 Å². The molecule has 0 amide bonds. The van der Waals surface area contributed by atoms with Gasteiger partial charge in [-0.25, -0.2) is 13.2 Å². The van der Waals surface area contributed by atoms with Gasteiger partial charge in [0.15, 0.2) is 0 Å². The molecule has 0 aliphatic carbocycles. The predicted octanol–water partition coefficient (Wildman–Crippen LogP) is 5.16. The van der Waals surface area contributed by atoms with Gasteiger partial charge in [0.1, 0.15) is 23.9 Å². The van der Waals surface area contributed by atoms with Gasteiger partial charge in [-0.15, -0.1) is 0 Å². The second kappa shape index (κ2) is 7.59. The van der Waals surface area contributed by atoms with Gasteiger partial charge in [-0.1, -0.05) is 11.6 Å². The smallest absolute Gasteiger partial charge is 0.143 e. The van der Waals surface area contributed by atoms with E-state index in [-0.39, 0.29) is 29.0 Å². The van der Waals surface area contributed by atoms with Crippen molar-refractivity contribution in [3.8, 4) is 12.1 Å². The van der Waals surface area contributed by atoms with Crippen molar-refractivity contribution in [2.24, 2.45) is 0 Å². The molecule has 0 fully saturated rings. The van der Waals surface area contributed by atoms with E-state index < -0.39 is 17.8 Å². The number of hydrogen-bond donors (Lipinski definition) is 0. The minimum Gasteiger partial charge on any atom is -0.247 e. The lowest BCUT2D eigenvalue weighted by molar-refractivity contribution is 0.359. The number of hydrogen-bond acceptors (Lipinski definition) is 2. The van der Waals surface area contributed by atoms with Gasteiger partial charge in [0.05, 0.1) is 22.2 Å². The fourth-order valence-electron chi connectivity index (χ4n) is 2.76. The van der Waals surface area contributed by atoms with Crippen LogP contribution in [0.5, 0.6) is 0 Å². The lowest BCUT2D eigenvalue weighted by Crippen LogP contribution is -2.08. The summed E-state index contributed by atoms with van der Waals surface area (Å²) in [6.07, 6.45) is -1.23. The van der Waals surface area contributed by atoms with E-state index in [1.165, 1.54) is 19.1 Å². The summed E-state index contributed by atoms with van der Waals surface area (Å²) in [5.41, 5.74) is 1.75. The van der Waals surface area contributed by atoms with Crippen LogP contribution in [-0.4, -0.2) is 6.17 Å². The molecule has 2 nitrogen and oxygen atoms in total. The van der Waals surface area contributed by atoms with Gasteiger partial charge in [-0.05, 0) is 60.7 Å². The van der Waals surface area contributed by atoms with Crippen LogP contribution in [0.4, 0.5) is 13.2 Å². The average Bonchev–Trinajstić information content (AvgIpc) is 2.54. The van der Waals surface area contributed by atoms with Crippen LogP contribution >= 0.6 is 11.6 Å². The Morgan fingerprint density at radius 3 is 2.36 bits per heavy atom. The van der Waals surface area contributed by atoms with Gasteiger partial charge in [-0.3, -0.25) is 0 Å². The van der Waals surface area contributed by atoms with E-state index in [1.807, 2.05) is 12.1 Å². The Hall–Kier alpha value is -2.50. The molecule has 0 saturated carbocycles. The van der Waals surface area contributed by atoms with Crippen molar-refractivity contribution in [1.82, 2.24) is 0 Å². The second-order valence-electron chi connectivity index (χ2n) is 5.81. The van der Waals surface area contributed by atoms with Gasteiger partial charge in [-0.2, -0.15) is 10.5 Å². The van der Waals surface area contributed by atoms with Crippen LogP contribution in [0.15, 0.2) is 18.2 Å². The molecular weight excluding hydrogens is 349 g/mol. The number of nitriles is 2. The van der Waals surface area contributed by atoms with Crippen LogP contribution in [0.1, 0.15) is 40.3 Å². The van der Waals surface area contributed by atoms with E-state index in [1.54, 1.807) is 6.92 Å². The number of benzene rings is 2. The summed E-state index contributed by atoms with van der Waals surface area (Å²) in [5.74, 6) is -1.38. The monoisotopic (exact) mass is 362 g/mol. The summed E-state index contributed by atoms with van der Waals surface area (Å²) in [6, 6.07) is 7.19. The Kier molecular flexibility index (Phi) is 5.72. The van der Waals surface area contributed by atoms with Crippen molar-refractivity contribution in [2.45, 2.75) is 32.9 Å². The van der Waals surface area contributed by atoms with E-state index in [4.69, 9.17) is 11.6 Å². The molecule has 2 rings (SSSR count). The highest BCUT2D eigenvalue weighted by molar-refractivity contribution is 6.32. The molecule has 2 aromatic carbocycles. The second-order valence-corrected chi connectivity index (χ2v) is 6.19. The summed E-state index contributed by atoms with van der Waals surface area (Å²) >= 11 is 5.80. The Balaban J connectivity index is 2.64. The maximum absolute atomic E-state index is 14.0. The zero-order chi connectivity index (χ0) is 18.7. The van der Waals surface area contributed by atoms with Crippen molar-refractivity contribution in [2.75, 3.05) is 0 Å². The first-order chi connectivity index (χ1) is 11.8. The normalized spacial score (nSPS) is 11.7. The highest BCUT2D eigenvalue weighted by Crippen LogP contribution is 2.29. The van der Waals surface area contributed by atoms with Gasteiger partial charge in [0, 0.05) is 6.42 Å². The molecule has 0 spiro atoms. The zero-order valence-corrected chi connectivity index (χ0v) is 14.4. The third-order valence-corrected chi connectivity index (χ3v) is 4.36. The standard InChI is InChI=1S/C19H14ClF3N2/c1-10(21)3-13-4-15(22)5-14(8-24)16(13)6-12-7-18(23)19(20)17(9-25)11(12)2/h4-5,7,10H,3,6H2,1-2H3. The van der Waals surface area contributed by atoms with Crippen molar-refractivity contribution < 1.29 is 13.2 Å². The molecule has 0 N–H and O–H groups in total. The Bertz CT molecular complexity index is 909. The first-order valence-electron chi connectivity index (χ1n) is 7.51. The number of halogens is 4. The summed E-state index contributed by atoms with van der Waals surface area (Å²) in [7, 11) is 0. The van der Waals surface area contributed by atoms with Crippen molar-refractivity contribution in [1.29, 1.82) is 10.5 Å². The van der Waals surface area contributed by atoms with E-state index in [0.29, 0.717) is 22.3 Å². The first-order valence-corrected chi connectivity index (χ1v) is 7.89. The molecule has 0 aliphatic rings. The molecule has 25 heavy (non-hydrogen) atoms. The predicted molar refractivity (Wildman–Crippen MR) is 89.1 cm³/mol. The van der Waals surface area contributed by atoms with E-state index in [9.17, 15) is 23.7 Å². The minimum absolute atomic E-state index is 0.0118. The highest BCUT2D eigenvalue weighted by Gasteiger charge is 2.18. The topological polar surface area (TPSA) is 47.6 Å². The molecule has 0 aromatic heterocycles. The fraction of sp³-hybridized carbons (Fsp3) is 0.263. The largest absolute Gasteiger partial charge is 0.247 e. The lowest BCUT2D eigenvalue weighted by Gasteiger charge is -2.15. The summed E-state index contributed by atoms with van der Waals surface area (Å²) < 4.78 is 41.2. The molecule has 0 heterocycles. The van der Waals surface area contributed by atoms with Crippen LogP contribution < -0.4 is 0 Å². The molecule has 0 aliphatic heterocycles. The molecule has 128 valence electrons. The molecule has 0 saturated heterocycles. The van der Waals surface area contributed by atoms with Crippen LogP contribution in [-0.2, 0) is 12.8 Å². The Morgan fingerprint density at radius 1 is 1.12 bits per heavy atom. The number of rotatable bonds is 4. The molecule has 2 aromatic rings. The number of alkyl halides is 1. The van der Waals surface area contributed by atoms with Crippen LogP contribution in [0, 0.1) is 41.2 Å². The molecule has 1 unspecified atom stereocenters. The average molecular weight is 363 g/mol. The van der Waals surface area contributed by atoms with Gasteiger partial charge in [0.25, 0.3) is 0 Å². The van der Waals surface area contributed by atoms with E-state index in [0.717, 1.165) is 6.07 Å². The molecular formula is C19H14ClF3N2. The highest BCUT2D eigenvalue weighted by atomic mass is 35.5. The van der Waals surface area contributed by atoms with Gasteiger partial charge < -0.3 is 0 Å². The fourth-order valence-corrected chi connectivity index (χ4v) is 3.00. The lowest BCUT2D eigenvalue weighted by atomic mass is 9.90. The first kappa shape index (κ1) is 18.8. The van der Waals surface area contributed by atoms with E-state index >= 15 is 0 Å². The van der Waals surface area contributed by atoms with Crippen molar-refractivity contribution in [3.63, 3.8) is 0 Å². The van der Waals surface area contributed by atoms with Gasteiger partial charge >= 0.3 is 0 Å². The zero-order valence-electron chi connectivity index (χ0n) is 13.6. The van der Waals surface area contributed by atoms with Crippen molar-refractivity contribution >= 4 is 11.6 Å². The quantitative estimate of drug-likeness (QED) is 0.754. The maximum atomic E-state index is 14.0. The molecule has 0 bridgehead atoms. The minimum atomic E-state index is -1.23. The van der Waals surface area contributed by atoms with Crippen molar-refractivity contribution in [3.05, 3.63) is 68.2 Å². The summed E-state index contributed by atoms with van der Waals surface area (Å²) in [5, 5.41) is 18.2. The molecule has 6 heteroatoms. The summed E-state index contributed by atoms with van der Waals surface area (Å²) in [6.45, 7) is 2.95. The van der Waals surface area contributed by atoms with E-state index in [2.05, 4.69) is 0 Å². The molecule has 1 atom stereocenters. The number of nitrogens with zero attached hydrogens (tertiary/aromatic N) is 2. The third-order valence-electron chi connectivity index (χ3n) is 3.99. The maximum Gasteiger partial charge on any atom is 0.143 e. The van der Waals surface area contributed by atoms with Crippen LogP contribution in [0.2, 0.25) is 5.02 Å². The third kappa shape index (κ3) is 3.95. The summed E-state index contributed by atoms with van der Waals surface area (Å²) in [4.78, 5) is 0. The van der Waals surface area contributed by atoms with Crippen LogP contribution in [0.3, 0.4) is 0 Å².